The first-order chi connectivity index (χ1) is 13.8. The summed E-state index contributed by atoms with van der Waals surface area (Å²) in [7, 11) is 0. The number of allylic oxidation sites excluding steroid dienone is 1. The van der Waals surface area contributed by atoms with E-state index in [-0.39, 0.29) is 5.43 Å². The van der Waals surface area contributed by atoms with Gasteiger partial charge in [0.05, 0.1) is 5.39 Å². The summed E-state index contributed by atoms with van der Waals surface area (Å²) in [6, 6.07) is 22.7. The van der Waals surface area contributed by atoms with Gasteiger partial charge in [-0.2, -0.15) is 0 Å². The van der Waals surface area contributed by atoms with Crippen LogP contribution >= 0.6 is 0 Å². The molecule has 0 bridgehead atoms. The van der Waals surface area contributed by atoms with Crippen molar-refractivity contribution in [2.75, 3.05) is 5.32 Å². The highest BCUT2D eigenvalue weighted by Crippen LogP contribution is 2.24. The molecule has 0 saturated carbocycles. The fourth-order valence-corrected chi connectivity index (χ4v) is 3.06. The molecule has 0 radical (unpaired) electrons. The third-order valence-electron chi connectivity index (χ3n) is 4.30. The number of anilines is 2. The molecule has 1 N–H and O–H groups in total. The first-order valence-electron chi connectivity index (χ1n) is 8.81. The molecule has 0 unspecified atom stereocenters. The number of hydrogen-bond donors (Lipinski definition) is 1. The van der Waals surface area contributed by atoms with Crippen LogP contribution in [-0.4, -0.2) is 15.8 Å². The molecule has 28 heavy (non-hydrogen) atoms. The Labute approximate surface area is 161 Å². The fourth-order valence-electron chi connectivity index (χ4n) is 3.06. The molecule has 5 nitrogen and oxygen atoms in total. The zero-order chi connectivity index (χ0) is 19.3. The summed E-state index contributed by atoms with van der Waals surface area (Å²) in [5.41, 5.74) is 2.85. The van der Waals surface area contributed by atoms with Gasteiger partial charge in [-0.15, -0.1) is 0 Å². The van der Waals surface area contributed by atoms with Crippen molar-refractivity contribution in [1.29, 1.82) is 0 Å². The zero-order valence-electron chi connectivity index (χ0n) is 14.9. The smallest absolute Gasteiger partial charge is 0.193 e. The Morgan fingerprint density at radius 1 is 0.929 bits per heavy atom. The number of benzene rings is 2. The number of fused-ring (bicyclic) bond motifs is 1. The van der Waals surface area contributed by atoms with E-state index in [2.05, 4.69) is 10.3 Å². The number of rotatable bonds is 5. The summed E-state index contributed by atoms with van der Waals surface area (Å²) in [5.74, 6) is 0.624. The van der Waals surface area contributed by atoms with Crippen LogP contribution in [0.15, 0.2) is 89.9 Å². The molecule has 4 aromatic rings. The van der Waals surface area contributed by atoms with Crippen LogP contribution in [0.5, 0.6) is 0 Å². The van der Waals surface area contributed by atoms with E-state index in [4.69, 9.17) is 0 Å². The van der Waals surface area contributed by atoms with E-state index in [1.165, 1.54) is 6.08 Å². The van der Waals surface area contributed by atoms with E-state index < -0.39 is 0 Å². The van der Waals surface area contributed by atoms with Gasteiger partial charge in [0.25, 0.3) is 0 Å². The average Bonchev–Trinajstić information content (AvgIpc) is 2.74. The van der Waals surface area contributed by atoms with Crippen LogP contribution < -0.4 is 10.7 Å². The third kappa shape index (κ3) is 3.46. The number of nitrogens with zero attached hydrogens (tertiary/aromatic N) is 2. The predicted molar refractivity (Wildman–Crippen MR) is 112 cm³/mol. The Kier molecular flexibility index (Phi) is 4.80. The third-order valence-corrected chi connectivity index (χ3v) is 4.30. The lowest BCUT2D eigenvalue weighted by Gasteiger charge is -2.17. The maximum Gasteiger partial charge on any atom is 0.193 e. The monoisotopic (exact) mass is 367 g/mol. The molecule has 0 aliphatic carbocycles. The Morgan fingerprint density at radius 3 is 2.36 bits per heavy atom. The number of nitrogens with one attached hydrogen (secondary N) is 1. The molecule has 2 aromatic heterocycles. The quantitative estimate of drug-likeness (QED) is 0.421. The van der Waals surface area contributed by atoms with Crippen molar-refractivity contribution in [3.8, 4) is 5.69 Å². The Morgan fingerprint density at radius 2 is 1.64 bits per heavy atom. The van der Waals surface area contributed by atoms with Crippen molar-refractivity contribution in [3.05, 3.63) is 101 Å². The molecular weight excluding hydrogens is 350 g/mol. The lowest BCUT2D eigenvalue weighted by molar-refractivity contribution is -0.104. The van der Waals surface area contributed by atoms with Gasteiger partial charge in [-0.25, -0.2) is 4.98 Å². The largest absolute Gasteiger partial charge is 0.341 e. The minimum atomic E-state index is -0.144. The van der Waals surface area contributed by atoms with Gasteiger partial charge in [-0.3, -0.25) is 14.2 Å². The van der Waals surface area contributed by atoms with Gasteiger partial charge in [0.15, 0.2) is 5.43 Å². The summed E-state index contributed by atoms with van der Waals surface area (Å²) in [4.78, 5) is 27.9. The maximum atomic E-state index is 12.8. The Balaban J connectivity index is 1.97. The van der Waals surface area contributed by atoms with Gasteiger partial charge in [0, 0.05) is 23.6 Å². The molecular formula is C23H17N3O2. The van der Waals surface area contributed by atoms with Crippen molar-refractivity contribution in [3.63, 3.8) is 0 Å². The Hall–Kier alpha value is -3.99. The number of pyridine rings is 2. The Bertz CT molecular complexity index is 1210. The van der Waals surface area contributed by atoms with Gasteiger partial charge in [-0.05, 0) is 42.0 Å². The van der Waals surface area contributed by atoms with Gasteiger partial charge >= 0.3 is 0 Å². The second-order valence-electron chi connectivity index (χ2n) is 6.19. The molecule has 2 aromatic carbocycles. The summed E-state index contributed by atoms with van der Waals surface area (Å²) >= 11 is 0. The van der Waals surface area contributed by atoms with Crippen molar-refractivity contribution in [2.24, 2.45) is 0 Å². The van der Waals surface area contributed by atoms with Crippen LogP contribution in [0.2, 0.25) is 0 Å². The molecule has 5 heteroatoms. The number of aromatic nitrogens is 2. The van der Waals surface area contributed by atoms with Crippen LogP contribution in [0.25, 0.3) is 22.8 Å². The van der Waals surface area contributed by atoms with Gasteiger partial charge in [0.1, 0.15) is 17.8 Å². The minimum absolute atomic E-state index is 0.144. The van der Waals surface area contributed by atoms with Crippen LogP contribution in [0.3, 0.4) is 0 Å². The lowest BCUT2D eigenvalue weighted by Crippen LogP contribution is -2.13. The summed E-state index contributed by atoms with van der Waals surface area (Å²) < 4.78 is 1.91. The first-order valence-corrected chi connectivity index (χ1v) is 8.81. The van der Waals surface area contributed by atoms with Crippen molar-refractivity contribution >= 4 is 34.9 Å². The number of aldehydes is 1. The van der Waals surface area contributed by atoms with E-state index in [1.807, 2.05) is 65.2 Å². The average molecular weight is 367 g/mol. The summed E-state index contributed by atoms with van der Waals surface area (Å²) in [5, 5.41) is 3.80. The summed E-state index contributed by atoms with van der Waals surface area (Å²) in [6.07, 6.45) is 5.35. The number of carbonyl (C=O) groups is 1. The van der Waals surface area contributed by atoms with Crippen LogP contribution in [0, 0.1) is 0 Å². The molecule has 4 rings (SSSR count). The molecule has 0 saturated heterocycles. The maximum absolute atomic E-state index is 12.8. The van der Waals surface area contributed by atoms with E-state index in [9.17, 15) is 9.59 Å². The SMILES string of the molecule is O=C/C=C/c1cnc2c(c1)c(=O)cc(Nc1ccccc1)n2-c1ccccc1. The van der Waals surface area contributed by atoms with E-state index >= 15 is 0 Å². The standard InChI is InChI=1S/C23H17N3O2/c27-13-7-8-17-14-20-21(28)15-22(25-18-9-3-1-4-10-18)26(23(20)24-16-17)19-11-5-2-6-12-19/h1-16,25H/b8-7+. The van der Waals surface area contributed by atoms with E-state index in [1.54, 1.807) is 24.4 Å². The molecule has 0 fully saturated rings. The zero-order valence-corrected chi connectivity index (χ0v) is 14.9. The first kappa shape index (κ1) is 17.4. The molecule has 136 valence electrons. The van der Waals surface area contributed by atoms with E-state index in [0.29, 0.717) is 28.7 Å². The number of hydrogen-bond acceptors (Lipinski definition) is 4. The normalized spacial score (nSPS) is 11.0. The van der Waals surface area contributed by atoms with Gasteiger partial charge in [0.2, 0.25) is 0 Å². The minimum Gasteiger partial charge on any atom is -0.341 e. The molecule has 0 spiro atoms. The highest BCUT2D eigenvalue weighted by atomic mass is 16.1. The topological polar surface area (TPSA) is 64.0 Å². The van der Waals surface area contributed by atoms with Crippen LogP contribution in [0.1, 0.15) is 5.56 Å². The summed E-state index contributed by atoms with van der Waals surface area (Å²) in [6.45, 7) is 0. The molecule has 0 atom stereocenters. The second kappa shape index (κ2) is 7.72. The van der Waals surface area contributed by atoms with Gasteiger partial charge < -0.3 is 5.32 Å². The highest BCUT2D eigenvalue weighted by Gasteiger charge is 2.13. The highest BCUT2D eigenvalue weighted by molar-refractivity contribution is 5.83. The predicted octanol–water partition coefficient (Wildman–Crippen LogP) is 4.34. The van der Waals surface area contributed by atoms with Crippen molar-refractivity contribution in [1.82, 2.24) is 9.55 Å². The van der Waals surface area contributed by atoms with Gasteiger partial charge in [-0.1, -0.05) is 42.5 Å². The molecule has 0 aliphatic rings. The second-order valence-corrected chi connectivity index (χ2v) is 6.19. The number of para-hydroxylation sites is 2. The lowest BCUT2D eigenvalue weighted by atomic mass is 10.1. The van der Waals surface area contributed by atoms with Crippen LogP contribution in [0.4, 0.5) is 11.5 Å². The van der Waals surface area contributed by atoms with E-state index in [0.717, 1.165) is 11.4 Å². The van der Waals surface area contributed by atoms with Crippen LogP contribution in [-0.2, 0) is 4.79 Å². The molecule has 2 heterocycles. The van der Waals surface area contributed by atoms with Crippen molar-refractivity contribution < 1.29 is 4.79 Å². The number of carbonyl (C=O) groups excluding carboxylic acids is 1. The molecule has 0 aliphatic heterocycles. The fraction of sp³-hybridized carbons (Fsp3) is 0. The van der Waals surface area contributed by atoms with Crippen molar-refractivity contribution in [2.45, 2.75) is 0 Å². The molecule has 0 amide bonds.